The van der Waals surface area contributed by atoms with Crippen LogP contribution in [0, 0.1) is 0 Å². The molecule has 0 unspecified atom stereocenters. The lowest BCUT2D eigenvalue weighted by molar-refractivity contribution is 0.184. The lowest BCUT2D eigenvalue weighted by Gasteiger charge is -2.28. The summed E-state index contributed by atoms with van der Waals surface area (Å²) in [5.41, 5.74) is 9.27. The number of anilines is 1. The van der Waals surface area contributed by atoms with Crippen LogP contribution in [0.25, 0.3) is 0 Å². The smallest absolute Gasteiger partial charge is 0.0558 e. The minimum atomic E-state index is 0.234. The van der Waals surface area contributed by atoms with E-state index in [1.54, 1.807) is 0 Å². The molecule has 3 N–H and O–H groups in total. The molecule has 0 fully saturated rings. The molecule has 1 aliphatic heterocycles. The number of nitrogens with two attached hydrogens (primary N) is 1. The van der Waals surface area contributed by atoms with Gasteiger partial charge in [0.1, 0.15) is 0 Å². The van der Waals surface area contributed by atoms with Crippen LogP contribution < -0.4 is 5.73 Å². The molecule has 0 aliphatic carbocycles. The third kappa shape index (κ3) is 1.89. The van der Waals surface area contributed by atoms with E-state index in [0.29, 0.717) is 0 Å². The van der Waals surface area contributed by atoms with E-state index >= 15 is 0 Å². The van der Waals surface area contributed by atoms with Crippen LogP contribution in [0.3, 0.4) is 0 Å². The molecule has 0 atom stereocenters. The summed E-state index contributed by atoms with van der Waals surface area (Å²) in [6.45, 7) is 2.95. The van der Waals surface area contributed by atoms with E-state index in [2.05, 4.69) is 11.0 Å². The van der Waals surface area contributed by atoms with E-state index in [-0.39, 0.29) is 6.61 Å². The monoisotopic (exact) mass is 192 g/mol. The van der Waals surface area contributed by atoms with E-state index in [4.69, 9.17) is 10.8 Å². The van der Waals surface area contributed by atoms with Gasteiger partial charge in [0.15, 0.2) is 0 Å². The number of β-amino-alcohol motifs (C(OH)–C–C–N with tert-alkyl or cyclic N) is 1. The first-order valence-electron chi connectivity index (χ1n) is 5.00. The van der Waals surface area contributed by atoms with Crippen molar-refractivity contribution in [2.45, 2.75) is 13.0 Å². The lowest BCUT2D eigenvalue weighted by Crippen LogP contribution is -2.32. The van der Waals surface area contributed by atoms with E-state index in [1.807, 2.05) is 12.1 Å². The second kappa shape index (κ2) is 3.98. The highest BCUT2D eigenvalue weighted by Crippen LogP contribution is 2.20. The van der Waals surface area contributed by atoms with Crippen molar-refractivity contribution in [3.8, 4) is 0 Å². The molecular weight excluding hydrogens is 176 g/mol. The lowest BCUT2D eigenvalue weighted by atomic mass is 9.99. The summed E-state index contributed by atoms with van der Waals surface area (Å²) in [7, 11) is 0. The number of nitrogens with zero attached hydrogens (tertiary/aromatic N) is 1. The number of rotatable bonds is 2. The van der Waals surface area contributed by atoms with Gasteiger partial charge in [-0.05, 0) is 29.7 Å². The van der Waals surface area contributed by atoms with E-state index in [0.717, 1.165) is 31.7 Å². The standard InChI is InChI=1S/C11H16N2O/c12-11-2-1-9-3-4-13(5-6-14)8-10(9)7-11/h1-2,7,14H,3-6,8,12H2. The molecule has 3 nitrogen and oxygen atoms in total. The van der Waals surface area contributed by atoms with Gasteiger partial charge < -0.3 is 10.8 Å². The molecule has 0 spiro atoms. The van der Waals surface area contributed by atoms with Crippen molar-refractivity contribution < 1.29 is 5.11 Å². The molecular formula is C11H16N2O. The maximum absolute atomic E-state index is 8.85. The summed E-state index contributed by atoms with van der Waals surface area (Å²) in [6, 6.07) is 6.11. The predicted octanol–water partition coefficient (Wildman–Crippen LogP) is 0.619. The highest BCUT2D eigenvalue weighted by atomic mass is 16.3. The van der Waals surface area contributed by atoms with Gasteiger partial charge in [-0.25, -0.2) is 0 Å². The van der Waals surface area contributed by atoms with E-state index < -0.39 is 0 Å². The molecule has 0 saturated carbocycles. The van der Waals surface area contributed by atoms with Gasteiger partial charge in [-0.3, -0.25) is 4.90 Å². The number of aliphatic hydroxyl groups excluding tert-OH is 1. The van der Waals surface area contributed by atoms with E-state index in [9.17, 15) is 0 Å². The summed E-state index contributed by atoms with van der Waals surface area (Å²) in [6.07, 6.45) is 1.07. The Morgan fingerprint density at radius 3 is 3.00 bits per heavy atom. The van der Waals surface area contributed by atoms with Gasteiger partial charge in [0, 0.05) is 25.3 Å². The first-order chi connectivity index (χ1) is 6.79. The Bertz CT molecular complexity index is 325. The Hall–Kier alpha value is -1.06. The fourth-order valence-electron chi connectivity index (χ4n) is 1.97. The molecule has 14 heavy (non-hydrogen) atoms. The van der Waals surface area contributed by atoms with Gasteiger partial charge in [-0.1, -0.05) is 6.07 Å². The van der Waals surface area contributed by atoms with E-state index in [1.165, 1.54) is 11.1 Å². The quantitative estimate of drug-likeness (QED) is 0.675. The van der Waals surface area contributed by atoms with Crippen LogP contribution in [0.2, 0.25) is 0 Å². The molecule has 1 aromatic rings. The number of hydrogen-bond acceptors (Lipinski definition) is 3. The van der Waals surface area contributed by atoms with Crippen molar-refractivity contribution in [3.63, 3.8) is 0 Å². The molecule has 76 valence electrons. The number of aliphatic hydroxyl groups is 1. The Labute approximate surface area is 84.1 Å². The van der Waals surface area contributed by atoms with Crippen molar-refractivity contribution in [3.05, 3.63) is 29.3 Å². The summed E-state index contributed by atoms with van der Waals surface area (Å²) < 4.78 is 0. The fourth-order valence-corrected chi connectivity index (χ4v) is 1.97. The number of fused-ring (bicyclic) bond motifs is 1. The van der Waals surface area contributed by atoms with Gasteiger partial charge in [0.25, 0.3) is 0 Å². The number of hydrogen-bond donors (Lipinski definition) is 2. The normalized spacial score (nSPS) is 16.6. The van der Waals surface area contributed by atoms with Gasteiger partial charge in [0.2, 0.25) is 0 Å². The highest BCUT2D eigenvalue weighted by Gasteiger charge is 2.15. The summed E-state index contributed by atoms with van der Waals surface area (Å²) >= 11 is 0. The van der Waals surface area contributed by atoms with Crippen LogP contribution in [0.5, 0.6) is 0 Å². The van der Waals surface area contributed by atoms with Crippen molar-refractivity contribution in [2.24, 2.45) is 0 Å². The average Bonchev–Trinajstić information content (AvgIpc) is 2.17. The van der Waals surface area contributed by atoms with Gasteiger partial charge in [0.05, 0.1) is 6.61 Å². The van der Waals surface area contributed by atoms with Crippen molar-refractivity contribution in [1.29, 1.82) is 0 Å². The van der Waals surface area contributed by atoms with Gasteiger partial charge >= 0.3 is 0 Å². The Morgan fingerprint density at radius 1 is 1.36 bits per heavy atom. The van der Waals surface area contributed by atoms with Gasteiger partial charge in [-0.2, -0.15) is 0 Å². The third-order valence-corrected chi connectivity index (χ3v) is 2.74. The molecule has 2 rings (SSSR count). The SMILES string of the molecule is Nc1ccc2c(c1)CN(CCO)CC2. The van der Waals surface area contributed by atoms with Crippen molar-refractivity contribution in [2.75, 3.05) is 25.4 Å². The summed E-state index contributed by atoms with van der Waals surface area (Å²) in [5.74, 6) is 0. The maximum atomic E-state index is 8.85. The van der Waals surface area contributed by atoms with Crippen LogP contribution in [-0.2, 0) is 13.0 Å². The zero-order valence-corrected chi connectivity index (χ0v) is 8.24. The fraction of sp³-hybridized carbons (Fsp3) is 0.455. The number of benzene rings is 1. The Kier molecular flexibility index (Phi) is 2.70. The molecule has 0 aromatic heterocycles. The zero-order chi connectivity index (χ0) is 9.97. The van der Waals surface area contributed by atoms with Crippen LogP contribution in [0.15, 0.2) is 18.2 Å². The second-order valence-electron chi connectivity index (χ2n) is 3.78. The van der Waals surface area contributed by atoms with Crippen molar-refractivity contribution >= 4 is 5.69 Å². The second-order valence-corrected chi connectivity index (χ2v) is 3.78. The zero-order valence-electron chi connectivity index (χ0n) is 8.24. The molecule has 0 saturated heterocycles. The van der Waals surface area contributed by atoms with Crippen LogP contribution >= 0.6 is 0 Å². The largest absolute Gasteiger partial charge is 0.399 e. The molecule has 0 amide bonds. The van der Waals surface area contributed by atoms with Crippen LogP contribution in [0.1, 0.15) is 11.1 Å². The molecule has 1 aromatic carbocycles. The van der Waals surface area contributed by atoms with Crippen LogP contribution in [-0.4, -0.2) is 29.7 Å². The molecule has 1 heterocycles. The Morgan fingerprint density at radius 2 is 2.21 bits per heavy atom. The number of nitrogen functional groups attached to an aromatic ring is 1. The highest BCUT2D eigenvalue weighted by molar-refractivity contribution is 5.45. The summed E-state index contributed by atoms with van der Waals surface area (Å²) in [5, 5.41) is 8.85. The molecule has 1 aliphatic rings. The Balaban J connectivity index is 2.16. The maximum Gasteiger partial charge on any atom is 0.0558 e. The summed E-state index contributed by atoms with van der Waals surface area (Å²) in [4.78, 5) is 2.25. The molecule has 3 heteroatoms. The first kappa shape index (κ1) is 9.49. The minimum absolute atomic E-state index is 0.234. The van der Waals surface area contributed by atoms with Gasteiger partial charge in [-0.15, -0.1) is 0 Å². The average molecular weight is 192 g/mol. The molecule has 0 radical (unpaired) electrons. The first-order valence-corrected chi connectivity index (χ1v) is 5.00. The third-order valence-electron chi connectivity index (χ3n) is 2.74. The topological polar surface area (TPSA) is 49.5 Å². The van der Waals surface area contributed by atoms with Crippen LogP contribution in [0.4, 0.5) is 5.69 Å². The minimum Gasteiger partial charge on any atom is -0.399 e. The molecule has 0 bridgehead atoms. The predicted molar refractivity (Wildman–Crippen MR) is 56.9 cm³/mol. The van der Waals surface area contributed by atoms with Crippen molar-refractivity contribution in [1.82, 2.24) is 4.90 Å².